The van der Waals surface area contributed by atoms with Crippen molar-refractivity contribution in [2.45, 2.75) is 45.1 Å². The summed E-state index contributed by atoms with van der Waals surface area (Å²) in [6.07, 6.45) is 6.86. The fourth-order valence-corrected chi connectivity index (χ4v) is 3.90. The maximum Gasteiger partial charge on any atom is 0.123 e. The van der Waals surface area contributed by atoms with Gasteiger partial charge < -0.3 is 10.6 Å². The van der Waals surface area contributed by atoms with Crippen LogP contribution in [-0.2, 0) is 0 Å². The second kappa shape index (κ2) is 4.87. The van der Waals surface area contributed by atoms with E-state index in [4.69, 9.17) is 11.1 Å². The van der Waals surface area contributed by atoms with Crippen molar-refractivity contribution in [1.82, 2.24) is 0 Å². The molecule has 2 atom stereocenters. The predicted molar refractivity (Wildman–Crippen MR) is 79.9 cm³/mol. The largest absolute Gasteiger partial charge is 0.384 e. The van der Waals surface area contributed by atoms with Crippen molar-refractivity contribution in [2.75, 3.05) is 11.4 Å². The number of rotatable bonds is 2. The van der Waals surface area contributed by atoms with E-state index in [9.17, 15) is 0 Å². The molecule has 1 aromatic rings. The molecule has 102 valence electrons. The average Bonchev–Trinajstić information content (AvgIpc) is 2.86. The molecule has 1 heterocycles. The first-order valence-corrected chi connectivity index (χ1v) is 7.38. The van der Waals surface area contributed by atoms with E-state index < -0.39 is 0 Å². The van der Waals surface area contributed by atoms with Gasteiger partial charge in [-0.2, -0.15) is 0 Å². The fourth-order valence-electron chi connectivity index (χ4n) is 3.90. The number of nitrogens with one attached hydrogen (secondary N) is 1. The number of nitrogens with zero attached hydrogens (tertiary/aromatic N) is 1. The van der Waals surface area contributed by atoms with Crippen molar-refractivity contribution in [3.05, 3.63) is 29.3 Å². The van der Waals surface area contributed by atoms with Gasteiger partial charge in [0, 0.05) is 23.8 Å². The van der Waals surface area contributed by atoms with Crippen LogP contribution >= 0.6 is 0 Å². The van der Waals surface area contributed by atoms with E-state index in [2.05, 4.69) is 24.0 Å². The summed E-state index contributed by atoms with van der Waals surface area (Å²) in [6, 6.07) is 7.10. The van der Waals surface area contributed by atoms with Crippen LogP contribution in [0.5, 0.6) is 0 Å². The molecular formula is C16H23N3. The number of piperidine rings is 1. The highest BCUT2D eigenvalue weighted by Crippen LogP contribution is 2.39. The number of anilines is 1. The lowest BCUT2D eigenvalue weighted by Crippen LogP contribution is -2.42. The molecule has 0 spiro atoms. The maximum absolute atomic E-state index is 7.57. The van der Waals surface area contributed by atoms with Gasteiger partial charge in [-0.05, 0) is 62.3 Å². The zero-order chi connectivity index (χ0) is 13.4. The minimum absolute atomic E-state index is 0.168. The molecule has 1 aromatic carbocycles. The maximum atomic E-state index is 7.57. The molecule has 0 amide bonds. The molecule has 1 aliphatic carbocycles. The third-order valence-corrected chi connectivity index (χ3v) is 4.83. The smallest absolute Gasteiger partial charge is 0.123 e. The van der Waals surface area contributed by atoms with Crippen molar-refractivity contribution in [1.29, 1.82) is 5.41 Å². The third-order valence-electron chi connectivity index (χ3n) is 4.83. The van der Waals surface area contributed by atoms with Gasteiger partial charge in [-0.1, -0.05) is 6.42 Å². The van der Waals surface area contributed by atoms with Gasteiger partial charge in [0.25, 0.3) is 0 Å². The molecule has 2 fully saturated rings. The van der Waals surface area contributed by atoms with Gasteiger partial charge in [-0.3, -0.25) is 5.41 Å². The Morgan fingerprint density at radius 1 is 1.26 bits per heavy atom. The van der Waals surface area contributed by atoms with E-state index >= 15 is 0 Å². The summed E-state index contributed by atoms with van der Waals surface area (Å²) >= 11 is 0. The number of nitrogens with two attached hydrogens (primary N) is 1. The summed E-state index contributed by atoms with van der Waals surface area (Å²) in [7, 11) is 0. The molecule has 1 saturated heterocycles. The Morgan fingerprint density at radius 3 is 2.79 bits per heavy atom. The molecule has 1 aliphatic heterocycles. The Hall–Kier alpha value is -1.51. The highest BCUT2D eigenvalue weighted by molar-refractivity contribution is 5.96. The second-order valence-electron chi connectivity index (χ2n) is 6.01. The van der Waals surface area contributed by atoms with E-state index in [0.717, 1.165) is 23.1 Å². The van der Waals surface area contributed by atoms with Crippen molar-refractivity contribution in [2.24, 2.45) is 11.7 Å². The standard InChI is InChI=1S/C16H23N3/c1-11-10-13(7-8-14(11)16(17)18)19-9-3-5-12-4-2-6-15(12)19/h7-8,10,12,15H,2-6,9H2,1H3,(H3,17,18). The lowest BCUT2D eigenvalue weighted by Gasteiger charge is -2.39. The highest BCUT2D eigenvalue weighted by Gasteiger charge is 2.35. The molecule has 3 rings (SSSR count). The number of aryl methyl sites for hydroxylation is 1. The summed E-state index contributed by atoms with van der Waals surface area (Å²) in [5, 5.41) is 7.57. The van der Waals surface area contributed by atoms with Crippen LogP contribution in [-0.4, -0.2) is 18.4 Å². The Balaban J connectivity index is 1.89. The Kier molecular flexibility index (Phi) is 3.21. The van der Waals surface area contributed by atoms with Crippen LogP contribution in [0.2, 0.25) is 0 Å². The average molecular weight is 257 g/mol. The first-order chi connectivity index (χ1) is 9.16. The van der Waals surface area contributed by atoms with Crippen molar-refractivity contribution >= 4 is 11.5 Å². The molecule has 19 heavy (non-hydrogen) atoms. The quantitative estimate of drug-likeness (QED) is 0.632. The monoisotopic (exact) mass is 257 g/mol. The van der Waals surface area contributed by atoms with Crippen LogP contribution in [0.25, 0.3) is 0 Å². The van der Waals surface area contributed by atoms with Gasteiger partial charge in [-0.15, -0.1) is 0 Å². The Morgan fingerprint density at radius 2 is 2.05 bits per heavy atom. The molecule has 3 nitrogen and oxygen atoms in total. The summed E-state index contributed by atoms with van der Waals surface area (Å²) < 4.78 is 0. The Labute approximate surface area is 115 Å². The van der Waals surface area contributed by atoms with Crippen LogP contribution in [0.4, 0.5) is 5.69 Å². The normalized spacial score (nSPS) is 26.3. The summed E-state index contributed by atoms with van der Waals surface area (Å²) in [6.45, 7) is 3.23. The van der Waals surface area contributed by atoms with Crippen LogP contribution in [0.15, 0.2) is 18.2 Å². The number of hydrogen-bond acceptors (Lipinski definition) is 2. The Bertz CT molecular complexity index is 495. The molecule has 0 aromatic heterocycles. The van der Waals surface area contributed by atoms with Gasteiger partial charge in [0.15, 0.2) is 0 Å². The van der Waals surface area contributed by atoms with Gasteiger partial charge in [0.1, 0.15) is 5.84 Å². The molecule has 2 unspecified atom stereocenters. The molecule has 0 radical (unpaired) electrons. The number of fused-ring (bicyclic) bond motifs is 1. The van der Waals surface area contributed by atoms with Crippen LogP contribution in [0, 0.1) is 18.3 Å². The van der Waals surface area contributed by atoms with Gasteiger partial charge in [0.2, 0.25) is 0 Å². The van der Waals surface area contributed by atoms with Crippen molar-refractivity contribution < 1.29 is 0 Å². The first kappa shape index (κ1) is 12.5. The molecule has 3 heteroatoms. The second-order valence-corrected chi connectivity index (χ2v) is 6.01. The molecule has 2 aliphatic rings. The predicted octanol–water partition coefficient (Wildman–Crippen LogP) is 3.05. The molecule has 1 saturated carbocycles. The van der Waals surface area contributed by atoms with Crippen LogP contribution in [0.3, 0.4) is 0 Å². The first-order valence-electron chi connectivity index (χ1n) is 7.38. The SMILES string of the molecule is Cc1cc(N2CCCC3CCCC32)ccc1C(=N)N. The highest BCUT2D eigenvalue weighted by atomic mass is 15.2. The van der Waals surface area contributed by atoms with Crippen LogP contribution in [0.1, 0.15) is 43.2 Å². The van der Waals surface area contributed by atoms with Gasteiger partial charge in [-0.25, -0.2) is 0 Å². The number of nitrogen functional groups attached to an aromatic ring is 1. The minimum atomic E-state index is 0.168. The van der Waals surface area contributed by atoms with Crippen LogP contribution < -0.4 is 10.6 Å². The third kappa shape index (κ3) is 2.22. The molecular weight excluding hydrogens is 234 g/mol. The summed E-state index contributed by atoms with van der Waals surface area (Å²) in [5.41, 5.74) is 8.90. The number of amidine groups is 1. The van der Waals surface area contributed by atoms with Gasteiger partial charge in [0.05, 0.1) is 0 Å². The van der Waals surface area contributed by atoms with Crippen molar-refractivity contribution in [3.8, 4) is 0 Å². The number of hydrogen-bond donors (Lipinski definition) is 2. The van der Waals surface area contributed by atoms with Gasteiger partial charge >= 0.3 is 0 Å². The summed E-state index contributed by atoms with van der Waals surface area (Å²) in [4.78, 5) is 2.60. The van der Waals surface area contributed by atoms with E-state index in [1.165, 1.54) is 44.3 Å². The number of benzene rings is 1. The van der Waals surface area contributed by atoms with E-state index in [1.807, 2.05) is 6.07 Å². The zero-order valence-electron chi connectivity index (χ0n) is 11.7. The zero-order valence-corrected chi connectivity index (χ0v) is 11.7. The topological polar surface area (TPSA) is 53.1 Å². The van der Waals surface area contributed by atoms with E-state index in [-0.39, 0.29) is 5.84 Å². The molecule has 0 bridgehead atoms. The summed E-state index contributed by atoms with van der Waals surface area (Å²) in [5.74, 6) is 1.07. The minimum Gasteiger partial charge on any atom is -0.384 e. The van der Waals surface area contributed by atoms with E-state index in [1.54, 1.807) is 0 Å². The fraction of sp³-hybridized carbons (Fsp3) is 0.562. The lowest BCUT2D eigenvalue weighted by molar-refractivity contribution is 0.362. The van der Waals surface area contributed by atoms with Crippen molar-refractivity contribution in [3.63, 3.8) is 0 Å². The lowest BCUT2D eigenvalue weighted by atomic mass is 9.91. The molecule has 3 N–H and O–H groups in total. The van der Waals surface area contributed by atoms with E-state index in [0.29, 0.717) is 0 Å².